The molecule has 2 aromatic heterocycles. The summed E-state index contributed by atoms with van der Waals surface area (Å²) in [5.41, 5.74) is 2.44. The van der Waals surface area contributed by atoms with Crippen LogP contribution in [0.4, 0.5) is 0 Å². The standard InChI is InChI=1S/C19H20N2O4/c1-20(2)10-11-25-18(22)13-7-8-14-16(12-13)21-9-5-4-6-15(21)17(14)19(23)24-3/h4-9,12H,10-11H2,1-3H3. The van der Waals surface area contributed by atoms with Crippen LogP contribution < -0.4 is 0 Å². The first kappa shape index (κ1) is 17.0. The lowest BCUT2D eigenvalue weighted by Crippen LogP contribution is -2.20. The predicted octanol–water partition coefficient (Wildman–Crippen LogP) is 2.60. The molecule has 0 aliphatic carbocycles. The van der Waals surface area contributed by atoms with Gasteiger partial charge in [-0.1, -0.05) is 12.1 Å². The minimum atomic E-state index is -0.403. The van der Waals surface area contributed by atoms with Gasteiger partial charge in [-0.05, 0) is 38.4 Å². The maximum absolute atomic E-state index is 12.3. The lowest BCUT2D eigenvalue weighted by atomic mass is 10.1. The molecule has 0 aliphatic heterocycles. The normalized spacial score (nSPS) is 11.2. The molecule has 6 nitrogen and oxygen atoms in total. The second-order valence-corrected chi connectivity index (χ2v) is 5.99. The van der Waals surface area contributed by atoms with Gasteiger partial charge in [0, 0.05) is 18.1 Å². The van der Waals surface area contributed by atoms with Crippen molar-refractivity contribution in [1.29, 1.82) is 0 Å². The molecule has 0 aliphatic rings. The average Bonchev–Trinajstić information content (AvgIpc) is 2.94. The van der Waals surface area contributed by atoms with E-state index in [-0.39, 0.29) is 5.97 Å². The van der Waals surface area contributed by atoms with Crippen LogP contribution in [-0.4, -0.2) is 55.6 Å². The number of aromatic nitrogens is 1. The topological polar surface area (TPSA) is 60.3 Å². The molecule has 6 heteroatoms. The van der Waals surface area contributed by atoms with Crippen molar-refractivity contribution in [1.82, 2.24) is 9.30 Å². The fraction of sp³-hybridized carbons (Fsp3) is 0.263. The van der Waals surface area contributed by atoms with E-state index in [2.05, 4.69) is 0 Å². The van der Waals surface area contributed by atoms with E-state index in [9.17, 15) is 9.59 Å². The number of nitrogens with zero attached hydrogens (tertiary/aromatic N) is 2. The SMILES string of the molecule is COC(=O)c1c2ccc(C(=O)OCCN(C)C)cc2n2ccccc12. The number of benzene rings is 1. The number of likely N-dealkylation sites (N-methyl/N-ethyl adjacent to an activating group) is 1. The van der Waals surface area contributed by atoms with Crippen LogP contribution in [0.1, 0.15) is 20.7 Å². The van der Waals surface area contributed by atoms with E-state index in [0.29, 0.717) is 24.3 Å². The maximum atomic E-state index is 12.3. The summed E-state index contributed by atoms with van der Waals surface area (Å²) < 4.78 is 12.1. The Labute approximate surface area is 145 Å². The molecule has 1 aromatic carbocycles. The zero-order valence-corrected chi connectivity index (χ0v) is 14.5. The second kappa shape index (κ2) is 6.94. The Bertz CT molecular complexity index is 943. The van der Waals surface area contributed by atoms with Crippen LogP contribution >= 0.6 is 0 Å². The number of ether oxygens (including phenoxy) is 2. The zero-order valence-electron chi connectivity index (χ0n) is 14.5. The van der Waals surface area contributed by atoms with Crippen LogP contribution in [0.3, 0.4) is 0 Å². The monoisotopic (exact) mass is 340 g/mol. The van der Waals surface area contributed by atoms with Crippen molar-refractivity contribution in [3.8, 4) is 0 Å². The number of methoxy groups -OCH3 is 1. The number of esters is 2. The smallest absolute Gasteiger partial charge is 0.340 e. The molecule has 0 radical (unpaired) electrons. The minimum Gasteiger partial charge on any atom is -0.465 e. The van der Waals surface area contributed by atoms with Gasteiger partial charge >= 0.3 is 11.9 Å². The molecule has 0 N–H and O–H groups in total. The minimum absolute atomic E-state index is 0.326. The molecule has 0 amide bonds. The maximum Gasteiger partial charge on any atom is 0.340 e. The number of carbonyl (C=O) groups excluding carboxylic acids is 2. The highest BCUT2D eigenvalue weighted by molar-refractivity contribution is 6.12. The second-order valence-electron chi connectivity index (χ2n) is 5.99. The van der Waals surface area contributed by atoms with Crippen LogP contribution in [-0.2, 0) is 9.47 Å². The van der Waals surface area contributed by atoms with Crippen molar-refractivity contribution in [2.75, 3.05) is 34.4 Å². The van der Waals surface area contributed by atoms with E-state index >= 15 is 0 Å². The number of hydrogen-bond donors (Lipinski definition) is 0. The predicted molar refractivity (Wildman–Crippen MR) is 95.1 cm³/mol. The van der Waals surface area contributed by atoms with Gasteiger partial charge in [-0.2, -0.15) is 0 Å². The van der Waals surface area contributed by atoms with Gasteiger partial charge < -0.3 is 18.8 Å². The Balaban J connectivity index is 2.04. The number of hydrogen-bond acceptors (Lipinski definition) is 5. The van der Waals surface area contributed by atoms with Gasteiger partial charge in [-0.25, -0.2) is 9.59 Å². The van der Waals surface area contributed by atoms with Crippen LogP contribution in [0.2, 0.25) is 0 Å². The number of pyridine rings is 1. The van der Waals surface area contributed by atoms with Gasteiger partial charge in [0.1, 0.15) is 6.61 Å². The lowest BCUT2D eigenvalue weighted by molar-refractivity contribution is 0.0481. The fourth-order valence-corrected chi connectivity index (χ4v) is 2.79. The van der Waals surface area contributed by atoms with Crippen molar-refractivity contribution in [3.05, 3.63) is 53.7 Å². The van der Waals surface area contributed by atoms with Crippen molar-refractivity contribution in [2.24, 2.45) is 0 Å². The summed E-state index contributed by atoms with van der Waals surface area (Å²) in [5, 5.41) is 0.739. The molecular formula is C19H20N2O4. The van der Waals surface area contributed by atoms with Crippen molar-refractivity contribution < 1.29 is 19.1 Å². The summed E-state index contributed by atoms with van der Waals surface area (Å²) in [7, 11) is 5.19. The Morgan fingerprint density at radius 1 is 1.08 bits per heavy atom. The van der Waals surface area contributed by atoms with Crippen molar-refractivity contribution in [2.45, 2.75) is 0 Å². The first-order valence-corrected chi connectivity index (χ1v) is 7.96. The van der Waals surface area contributed by atoms with Gasteiger partial charge in [0.25, 0.3) is 0 Å². The van der Waals surface area contributed by atoms with Crippen molar-refractivity contribution >= 4 is 28.4 Å². The molecule has 0 bridgehead atoms. The van der Waals surface area contributed by atoms with Gasteiger partial charge in [0.15, 0.2) is 0 Å². The molecule has 0 saturated heterocycles. The lowest BCUT2D eigenvalue weighted by Gasteiger charge is -2.10. The van der Waals surface area contributed by atoms with E-state index < -0.39 is 5.97 Å². The van der Waals surface area contributed by atoms with Gasteiger partial charge in [0.2, 0.25) is 0 Å². The summed E-state index contributed by atoms with van der Waals surface area (Å²) in [6.07, 6.45) is 1.85. The summed E-state index contributed by atoms with van der Waals surface area (Å²) in [6, 6.07) is 10.8. The third-order valence-electron chi connectivity index (χ3n) is 4.04. The largest absolute Gasteiger partial charge is 0.465 e. The highest BCUT2D eigenvalue weighted by Crippen LogP contribution is 2.28. The van der Waals surface area contributed by atoms with Crippen LogP contribution in [0, 0.1) is 0 Å². The third-order valence-corrected chi connectivity index (χ3v) is 4.04. The Morgan fingerprint density at radius 3 is 2.60 bits per heavy atom. The van der Waals surface area contributed by atoms with E-state index in [1.807, 2.05) is 47.8 Å². The number of fused-ring (bicyclic) bond motifs is 3. The number of rotatable bonds is 5. The summed E-state index contributed by atoms with van der Waals surface area (Å²) >= 11 is 0. The van der Waals surface area contributed by atoms with Gasteiger partial charge in [-0.3, -0.25) is 0 Å². The molecule has 0 fully saturated rings. The zero-order chi connectivity index (χ0) is 18.0. The molecule has 0 spiro atoms. The third kappa shape index (κ3) is 3.21. The van der Waals surface area contributed by atoms with E-state index in [0.717, 1.165) is 16.4 Å². The highest BCUT2D eigenvalue weighted by atomic mass is 16.5. The molecule has 3 aromatic rings. The molecule has 130 valence electrons. The van der Waals surface area contributed by atoms with Gasteiger partial charge in [0.05, 0.1) is 29.3 Å². The van der Waals surface area contributed by atoms with Gasteiger partial charge in [-0.15, -0.1) is 0 Å². The Morgan fingerprint density at radius 2 is 1.88 bits per heavy atom. The highest BCUT2D eigenvalue weighted by Gasteiger charge is 2.20. The molecular weight excluding hydrogens is 320 g/mol. The Hall–Kier alpha value is -2.86. The quantitative estimate of drug-likeness (QED) is 0.668. The molecule has 2 heterocycles. The van der Waals surface area contributed by atoms with Crippen LogP contribution in [0.25, 0.3) is 16.4 Å². The molecule has 0 unspecified atom stereocenters. The average molecular weight is 340 g/mol. The van der Waals surface area contributed by atoms with E-state index in [1.165, 1.54) is 7.11 Å². The summed E-state index contributed by atoms with van der Waals surface area (Å²) in [5.74, 6) is -0.783. The van der Waals surface area contributed by atoms with Crippen molar-refractivity contribution in [3.63, 3.8) is 0 Å². The number of carbonyl (C=O) groups is 2. The first-order chi connectivity index (χ1) is 12.0. The molecule has 0 atom stereocenters. The summed E-state index contributed by atoms with van der Waals surface area (Å²) in [6.45, 7) is 0.987. The molecule has 3 rings (SSSR count). The van der Waals surface area contributed by atoms with Crippen LogP contribution in [0.5, 0.6) is 0 Å². The van der Waals surface area contributed by atoms with E-state index in [4.69, 9.17) is 9.47 Å². The first-order valence-electron chi connectivity index (χ1n) is 7.96. The van der Waals surface area contributed by atoms with Crippen LogP contribution in [0.15, 0.2) is 42.6 Å². The summed E-state index contributed by atoms with van der Waals surface area (Å²) in [4.78, 5) is 26.4. The molecule has 25 heavy (non-hydrogen) atoms. The Kier molecular flexibility index (Phi) is 4.72. The molecule has 0 saturated carbocycles. The fourth-order valence-electron chi connectivity index (χ4n) is 2.79. The van der Waals surface area contributed by atoms with E-state index in [1.54, 1.807) is 18.2 Å².